The lowest BCUT2D eigenvalue weighted by molar-refractivity contribution is -0.126. The summed E-state index contributed by atoms with van der Waals surface area (Å²) < 4.78 is 0. The number of hydrogen-bond acceptors (Lipinski definition) is 3. The molecule has 1 amide bonds. The summed E-state index contributed by atoms with van der Waals surface area (Å²) in [6, 6.07) is 11.5. The van der Waals surface area contributed by atoms with E-state index in [0.717, 1.165) is 12.0 Å². The Hall–Kier alpha value is -1.65. The number of hydrogen-bond donors (Lipinski definition) is 2. The lowest BCUT2D eigenvalue weighted by Gasteiger charge is -2.24. The van der Waals surface area contributed by atoms with Crippen molar-refractivity contribution in [2.24, 2.45) is 5.73 Å². The molecule has 100 valence electrons. The van der Waals surface area contributed by atoms with Gasteiger partial charge in [0.15, 0.2) is 0 Å². The monoisotopic (exact) mass is 274 g/mol. The average molecular weight is 274 g/mol. The van der Waals surface area contributed by atoms with Crippen LogP contribution in [0.5, 0.6) is 0 Å². The van der Waals surface area contributed by atoms with Crippen LogP contribution in [0.25, 0.3) is 0 Å². The number of benzene rings is 1. The number of rotatable bonds is 5. The van der Waals surface area contributed by atoms with Crippen LogP contribution < -0.4 is 11.1 Å². The lowest BCUT2D eigenvalue weighted by Crippen LogP contribution is -2.49. The molecule has 1 aromatic heterocycles. The molecule has 19 heavy (non-hydrogen) atoms. The summed E-state index contributed by atoms with van der Waals surface area (Å²) in [6.07, 6.45) is 0.833. The molecule has 2 rings (SSSR count). The van der Waals surface area contributed by atoms with Crippen LogP contribution in [0, 0.1) is 0 Å². The number of nitrogens with two attached hydrogens (primary N) is 1. The van der Waals surface area contributed by atoms with Gasteiger partial charge in [-0.1, -0.05) is 30.3 Å². The second kappa shape index (κ2) is 5.99. The first-order valence-electron chi connectivity index (χ1n) is 6.24. The minimum absolute atomic E-state index is 0.145. The number of carbonyl (C=O) groups excluding carboxylic acids is 1. The van der Waals surface area contributed by atoms with E-state index in [0.29, 0.717) is 6.54 Å². The van der Waals surface area contributed by atoms with Gasteiger partial charge in [-0.2, -0.15) is 11.3 Å². The minimum atomic E-state index is -0.990. The van der Waals surface area contributed by atoms with Crippen molar-refractivity contribution in [3.63, 3.8) is 0 Å². The zero-order chi connectivity index (χ0) is 13.7. The van der Waals surface area contributed by atoms with Crippen molar-refractivity contribution in [1.29, 1.82) is 0 Å². The number of amides is 1. The Morgan fingerprint density at radius 1 is 1.32 bits per heavy atom. The maximum Gasteiger partial charge on any atom is 0.244 e. The molecule has 0 bridgehead atoms. The Morgan fingerprint density at radius 2 is 2.05 bits per heavy atom. The van der Waals surface area contributed by atoms with Gasteiger partial charge in [0.25, 0.3) is 0 Å². The van der Waals surface area contributed by atoms with Crippen LogP contribution in [-0.4, -0.2) is 12.5 Å². The molecule has 0 aliphatic heterocycles. The van der Waals surface area contributed by atoms with Crippen LogP contribution in [0.2, 0.25) is 0 Å². The number of carbonyl (C=O) groups is 1. The molecule has 1 atom stereocenters. The SMILES string of the molecule is CC(N)(C(=O)NCCc1ccsc1)c1ccccc1. The predicted molar refractivity (Wildman–Crippen MR) is 79.0 cm³/mol. The topological polar surface area (TPSA) is 55.1 Å². The molecule has 1 heterocycles. The second-order valence-electron chi connectivity index (χ2n) is 4.71. The lowest BCUT2D eigenvalue weighted by atomic mass is 9.92. The van der Waals surface area contributed by atoms with Crippen molar-refractivity contribution in [1.82, 2.24) is 5.32 Å². The summed E-state index contributed by atoms with van der Waals surface area (Å²) >= 11 is 1.66. The van der Waals surface area contributed by atoms with Crippen LogP contribution >= 0.6 is 11.3 Å². The molecule has 3 nitrogen and oxygen atoms in total. The van der Waals surface area contributed by atoms with E-state index in [2.05, 4.69) is 16.8 Å². The van der Waals surface area contributed by atoms with Gasteiger partial charge >= 0.3 is 0 Å². The molecule has 1 unspecified atom stereocenters. The van der Waals surface area contributed by atoms with Crippen molar-refractivity contribution < 1.29 is 4.79 Å². The average Bonchev–Trinajstić information content (AvgIpc) is 2.93. The van der Waals surface area contributed by atoms with E-state index in [4.69, 9.17) is 5.73 Å². The highest BCUT2D eigenvalue weighted by Crippen LogP contribution is 2.17. The van der Waals surface area contributed by atoms with Gasteiger partial charge in [-0.25, -0.2) is 0 Å². The Kier molecular flexibility index (Phi) is 4.35. The van der Waals surface area contributed by atoms with Crippen molar-refractivity contribution in [2.45, 2.75) is 18.9 Å². The van der Waals surface area contributed by atoms with Crippen molar-refractivity contribution in [3.05, 3.63) is 58.3 Å². The molecule has 0 aliphatic carbocycles. The third-order valence-electron chi connectivity index (χ3n) is 3.12. The van der Waals surface area contributed by atoms with E-state index in [1.54, 1.807) is 18.3 Å². The molecular formula is C15H18N2OS. The summed E-state index contributed by atoms with van der Waals surface area (Å²) in [5.41, 5.74) is 7.20. The normalized spacial score (nSPS) is 13.8. The Morgan fingerprint density at radius 3 is 2.68 bits per heavy atom. The van der Waals surface area contributed by atoms with Gasteiger partial charge in [-0.3, -0.25) is 4.79 Å². The van der Waals surface area contributed by atoms with Gasteiger partial charge in [0, 0.05) is 6.54 Å². The Bertz CT molecular complexity index is 520. The molecule has 1 aromatic carbocycles. The number of nitrogens with one attached hydrogen (secondary N) is 1. The summed E-state index contributed by atoms with van der Waals surface area (Å²) in [4.78, 5) is 12.2. The van der Waals surface area contributed by atoms with E-state index in [1.165, 1.54) is 5.56 Å². The summed E-state index contributed by atoms with van der Waals surface area (Å²) in [6.45, 7) is 2.34. The predicted octanol–water partition coefficient (Wildman–Crippen LogP) is 2.28. The molecule has 0 aliphatic rings. The minimum Gasteiger partial charge on any atom is -0.354 e. The standard InChI is InChI=1S/C15H18N2OS/c1-15(16,13-5-3-2-4-6-13)14(18)17-9-7-12-8-10-19-11-12/h2-6,8,10-11H,7,9,16H2,1H3,(H,17,18). The van der Waals surface area contributed by atoms with Gasteiger partial charge in [0.2, 0.25) is 5.91 Å². The fourth-order valence-electron chi connectivity index (χ4n) is 1.85. The van der Waals surface area contributed by atoms with Gasteiger partial charge in [0.1, 0.15) is 5.54 Å². The van der Waals surface area contributed by atoms with Gasteiger partial charge < -0.3 is 11.1 Å². The molecule has 0 fully saturated rings. The van der Waals surface area contributed by atoms with Crippen molar-refractivity contribution in [3.8, 4) is 0 Å². The highest BCUT2D eigenvalue weighted by Gasteiger charge is 2.29. The van der Waals surface area contributed by atoms with Gasteiger partial charge in [-0.15, -0.1) is 0 Å². The molecular weight excluding hydrogens is 256 g/mol. The summed E-state index contributed by atoms with van der Waals surface area (Å²) in [5.74, 6) is -0.145. The Balaban J connectivity index is 1.92. The van der Waals surface area contributed by atoms with Crippen LogP contribution in [0.15, 0.2) is 47.2 Å². The maximum atomic E-state index is 12.2. The first-order chi connectivity index (χ1) is 9.10. The molecule has 2 aromatic rings. The second-order valence-corrected chi connectivity index (χ2v) is 5.49. The zero-order valence-electron chi connectivity index (χ0n) is 10.9. The zero-order valence-corrected chi connectivity index (χ0v) is 11.7. The van der Waals surface area contributed by atoms with E-state index in [9.17, 15) is 4.79 Å². The summed E-state index contributed by atoms with van der Waals surface area (Å²) in [5, 5.41) is 7.02. The van der Waals surface area contributed by atoms with Crippen LogP contribution in [-0.2, 0) is 16.8 Å². The fraction of sp³-hybridized carbons (Fsp3) is 0.267. The molecule has 3 N–H and O–H groups in total. The smallest absolute Gasteiger partial charge is 0.244 e. The molecule has 0 radical (unpaired) electrons. The highest BCUT2D eigenvalue weighted by molar-refractivity contribution is 7.07. The van der Waals surface area contributed by atoms with Gasteiger partial charge in [-0.05, 0) is 41.3 Å². The first-order valence-corrected chi connectivity index (χ1v) is 7.19. The fourth-order valence-corrected chi connectivity index (χ4v) is 2.56. The van der Waals surface area contributed by atoms with Crippen molar-refractivity contribution in [2.75, 3.05) is 6.54 Å². The maximum absolute atomic E-state index is 12.2. The Labute approximate surface area is 117 Å². The van der Waals surface area contributed by atoms with Crippen LogP contribution in [0.3, 0.4) is 0 Å². The quantitative estimate of drug-likeness (QED) is 0.879. The van der Waals surface area contributed by atoms with E-state index >= 15 is 0 Å². The third-order valence-corrected chi connectivity index (χ3v) is 3.86. The summed E-state index contributed by atoms with van der Waals surface area (Å²) in [7, 11) is 0. The largest absolute Gasteiger partial charge is 0.354 e. The molecule has 0 spiro atoms. The van der Waals surface area contributed by atoms with E-state index in [1.807, 2.05) is 35.7 Å². The third kappa shape index (κ3) is 3.43. The first kappa shape index (κ1) is 13.8. The van der Waals surface area contributed by atoms with E-state index in [-0.39, 0.29) is 5.91 Å². The molecule has 0 saturated carbocycles. The van der Waals surface area contributed by atoms with Crippen LogP contribution in [0.4, 0.5) is 0 Å². The molecule has 0 saturated heterocycles. The van der Waals surface area contributed by atoms with Gasteiger partial charge in [0.05, 0.1) is 0 Å². The van der Waals surface area contributed by atoms with Crippen LogP contribution in [0.1, 0.15) is 18.1 Å². The molecule has 4 heteroatoms. The van der Waals surface area contributed by atoms with E-state index < -0.39 is 5.54 Å². The number of thiophene rings is 1. The van der Waals surface area contributed by atoms with Crippen molar-refractivity contribution >= 4 is 17.2 Å². The highest BCUT2D eigenvalue weighted by atomic mass is 32.1.